The number of methoxy groups -OCH3 is 1. The Kier molecular flexibility index (Phi) is 7.15. The first-order valence-corrected chi connectivity index (χ1v) is 13.0. The van der Waals surface area contributed by atoms with E-state index in [9.17, 15) is 5.11 Å². The van der Waals surface area contributed by atoms with Gasteiger partial charge in [-0.2, -0.15) is 15.1 Å². The van der Waals surface area contributed by atoms with Gasteiger partial charge < -0.3 is 25.4 Å². The number of hydrogen-bond acceptors (Lipinski definition) is 9. The Morgan fingerprint density at radius 3 is 2.67 bits per heavy atom. The molecule has 0 atom stereocenters. The number of rotatable bonds is 8. The Morgan fingerprint density at radius 2 is 1.89 bits per heavy atom. The number of fused-ring (bicyclic) bond motifs is 1. The fraction of sp³-hybridized carbons (Fsp3) is 0.346. The van der Waals surface area contributed by atoms with Gasteiger partial charge in [0.05, 0.1) is 36.2 Å². The second kappa shape index (κ2) is 10.6. The number of nitrogens with one attached hydrogen (secondary N) is 3. The van der Waals surface area contributed by atoms with E-state index in [1.54, 1.807) is 25.1 Å². The van der Waals surface area contributed by atoms with E-state index in [4.69, 9.17) is 9.72 Å². The topological polar surface area (TPSA) is 111 Å². The monoisotopic (exact) mass is 505 g/mol. The van der Waals surface area contributed by atoms with Crippen LogP contribution in [0.3, 0.4) is 0 Å². The number of aromatic amines is 1. The molecule has 0 bridgehead atoms. The van der Waals surface area contributed by atoms with Crippen LogP contribution in [0.5, 0.6) is 5.75 Å². The van der Waals surface area contributed by atoms with Crippen LogP contribution in [0.25, 0.3) is 11.0 Å². The van der Waals surface area contributed by atoms with Gasteiger partial charge in [0.1, 0.15) is 11.6 Å². The zero-order chi connectivity index (χ0) is 25.1. The molecular formula is C26H31N7O2S. The molecule has 1 aliphatic heterocycles. The Bertz CT molecular complexity index is 1340. The van der Waals surface area contributed by atoms with Crippen LogP contribution in [0.2, 0.25) is 0 Å². The first-order valence-electron chi connectivity index (χ1n) is 12.1. The summed E-state index contributed by atoms with van der Waals surface area (Å²) < 4.78 is 5.69. The molecule has 0 amide bonds. The van der Waals surface area contributed by atoms with Crippen molar-refractivity contribution in [3.63, 3.8) is 0 Å². The number of para-hydroxylation sites is 1. The van der Waals surface area contributed by atoms with Crippen molar-refractivity contribution in [1.29, 1.82) is 0 Å². The van der Waals surface area contributed by atoms with Crippen LogP contribution in [0, 0.1) is 0 Å². The fourth-order valence-electron chi connectivity index (χ4n) is 4.26. The van der Waals surface area contributed by atoms with Gasteiger partial charge in [0, 0.05) is 35.0 Å². The number of thioether (sulfide) groups is 1. The van der Waals surface area contributed by atoms with Gasteiger partial charge in [-0.25, -0.2) is 0 Å². The third kappa shape index (κ3) is 5.34. The van der Waals surface area contributed by atoms with Gasteiger partial charge in [-0.05, 0) is 37.1 Å². The molecule has 10 heteroatoms. The number of benzene rings is 2. The standard InChI is InChI=1S/C26H31N7O2S/c1-16(2)36-23-7-5-4-6-21(23)28-24-19-15-27-32-25(19)31-26(30-24)29-20-9-8-17(14-22(20)35-3)33-12-10-18(34)11-13-33/h4-9,14-16,18,34H,10-13H2,1-3H3,(H3,27,28,29,30,31,32). The van der Waals surface area contributed by atoms with Crippen molar-refractivity contribution in [3.8, 4) is 5.75 Å². The van der Waals surface area contributed by atoms with E-state index in [1.807, 2.05) is 30.3 Å². The molecule has 1 fully saturated rings. The van der Waals surface area contributed by atoms with E-state index in [0.29, 0.717) is 28.4 Å². The number of hydrogen-bond donors (Lipinski definition) is 4. The summed E-state index contributed by atoms with van der Waals surface area (Å²) in [4.78, 5) is 12.8. The summed E-state index contributed by atoms with van der Waals surface area (Å²) in [5.74, 6) is 1.78. The highest BCUT2D eigenvalue weighted by atomic mass is 32.2. The van der Waals surface area contributed by atoms with Crippen molar-refractivity contribution in [2.75, 3.05) is 35.7 Å². The van der Waals surface area contributed by atoms with Gasteiger partial charge in [-0.3, -0.25) is 5.10 Å². The predicted octanol–water partition coefficient (Wildman–Crippen LogP) is 5.31. The van der Waals surface area contributed by atoms with Crippen LogP contribution in [-0.4, -0.2) is 56.8 Å². The number of nitrogens with zero attached hydrogens (tertiary/aromatic N) is 4. The molecule has 2 aromatic heterocycles. The van der Waals surface area contributed by atoms with Crippen LogP contribution in [0.1, 0.15) is 26.7 Å². The molecule has 3 heterocycles. The molecule has 5 rings (SSSR count). The zero-order valence-corrected chi connectivity index (χ0v) is 21.5. The number of aromatic nitrogens is 4. The van der Waals surface area contributed by atoms with Crippen LogP contribution in [-0.2, 0) is 0 Å². The zero-order valence-electron chi connectivity index (χ0n) is 20.7. The van der Waals surface area contributed by atoms with Crippen molar-refractivity contribution < 1.29 is 9.84 Å². The number of piperidine rings is 1. The molecule has 1 aliphatic rings. The first kappa shape index (κ1) is 24.2. The molecular weight excluding hydrogens is 474 g/mol. The molecule has 36 heavy (non-hydrogen) atoms. The molecule has 0 saturated carbocycles. The van der Waals surface area contributed by atoms with Crippen LogP contribution < -0.4 is 20.3 Å². The first-order chi connectivity index (χ1) is 17.5. The number of aliphatic hydroxyl groups excluding tert-OH is 1. The Morgan fingerprint density at radius 1 is 1.08 bits per heavy atom. The maximum atomic E-state index is 9.82. The highest BCUT2D eigenvalue weighted by Gasteiger charge is 2.19. The third-order valence-corrected chi connectivity index (χ3v) is 7.16. The minimum absolute atomic E-state index is 0.211. The molecule has 188 valence electrons. The van der Waals surface area contributed by atoms with Crippen LogP contribution in [0.4, 0.5) is 28.8 Å². The molecule has 0 radical (unpaired) electrons. The molecule has 2 aromatic carbocycles. The summed E-state index contributed by atoms with van der Waals surface area (Å²) in [7, 11) is 1.65. The second-order valence-electron chi connectivity index (χ2n) is 9.04. The fourth-order valence-corrected chi connectivity index (χ4v) is 5.18. The number of aliphatic hydroxyl groups is 1. The maximum absolute atomic E-state index is 9.82. The molecule has 1 saturated heterocycles. The van der Waals surface area contributed by atoms with E-state index < -0.39 is 0 Å². The van der Waals surface area contributed by atoms with E-state index >= 15 is 0 Å². The van der Waals surface area contributed by atoms with Gasteiger partial charge in [-0.15, -0.1) is 11.8 Å². The molecule has 0 spiro atoms. The molecule has 0 unspecified atom stereocenters. The Balaban J connectivity index is 1.43. The van der Waals surface area contributed by atoms with E-state index in [0.717, 1.165) is 53.3 Å². The molecule has 0 aliphatic carbocycles. The van der Waals surface area contributed by atoms with Crippen molar-refractivity contribution >= 4 is 51.6 Å². The molecule has 9 nitrogen and oxygen atoms in total. The van der Waals surface area contributed by atoms with Crippen LogP contribution >= 0.6 is 11.8 Å². The quantitative estimate of drug-likeness (QED) is 0.237. The normalized spacial score (nSPS) is 14.4. The van der Waals surface area contributed by atoms with Crippen molar-refractivity contribution in [1.82, 2.24) is 20.2 Å². The van der Waals surface area contributed by atoms with E-state index in [2.05, 4.69) is 56.7 Å². The van der Waals surface area contributed by atoms with Crippen molar-refractivity contribution in [2.24, 2.45) is 0 Å². The lowest BCUT2D eigenvalue weighted by Crippen LogP contribution is -2.35. The smallest absolute Gasteiger partial charge is 0.231 e. The summed E-state index contributed by atoms with van der Waals surface area (Å²) in [5.41, 5.74) is 3.44. The maximum Gasteiger partial charge on any atom is 0.231 e. The summed E-state index contributed by atoms with van der Waals surface area (Å²) in [6.45, 7) is 6.00. The van der Waals surface area contributed by atoms with Gasteiger partial charge in [-0.1, -0.05) is 26.0 Å². The van der Waals surface area contributed by atoms with Gasteiger partial charge in [0.25, 0.3) is 0 Å². The van der Waals surface area contributed by atoms with Crippen molar-refractivity contribution in [3.05, 3.63) is 48.7 Å². The minimum Gasteiger partial charge on any atom is -0.494 e. The average Bonchev–Trinajstić information content (AvgIpc) is 3.35. The number of H-pyrrole nitrogens is 1. The Labute approximate surface area is 214 Å². The molecule has 4 N–H and O–H groups in total. The lowest BCUT2D eigenvalue weighted by molar-refractivity contribution is 0.145. The van der Waals surface area contributed by atoms with E-state index in [1.165, 1.54) is 0 Å². The third-order valence-electron chi connectivity index (χ3n) is 6.07. The minimum atomic E-state index is -0.211. The highest BCUT2D eigenvalue weighted by molar-refractivity contribution is 8.00. The van der Waals surface area contributed by atoms with Gasteiger partial charge >= 0.3 is 0 Å². The lowest BCUT2D eigenvalue weighted by Gasteiger charge is -2.31. The highest BCUT2D eigenvalue weighted by Crippen LogP contribution is 2.35. The average molecular weight is 506 g/mol. The summed E-state index contributed by atoms with van der Waals surface area (Å²) >= 11 is 1.80. The summed E-state index contributed by atoms with van der Waals surface area (Å²) in [6, 6.07) is 14.2. The summed E-state index contributed by atoms with van der Waals surface area (Å²) in [5, 5.41) is 25.0. The van der Waals surface area contributed by atoms with Crippen molar-refractivity contribution in [2.45, 2.75) is 42.9 Å². The lowest BCUT2D eigenvalue weighted by atomic mass is 10.1. The number of ether oxygens (including phenoxy) is 1. The Hall–Kier alpha value is -3.50. The van der Waals surface area contributed by atoms with Gasteiger partial charge in [0.15, 0.2) is 5.65 Å². The molecule has 4 aromatic rings. The van der Waals surface area contributed by atoms with E-state index in [-0.39, 0.29) is 6.10 Å². The SMILES string of the molecule is COc1cc(N2CCC(O)CC2)ccc1Nc1nc(Nc2ccccc2SC(C)C)c2cn[nH]c2n1. The second-order valence-corrected chi connectivity index (χ2v) is 10.7. The summed E-state index contributed by atoms with van der Waals surface area (Å²) in [6.07, 6.45) is 3.06. The number of anilines is 5. The largest absolute Gasteiger partial charge is 0.494 e. The van der Waals surface area contributed by atoms with Crippen LogP contribution in [0.15, 0.2) is 53.6 Å². The van der Waals surface area contributed by atoms with Gasteiger partial charge in [0.2, 0.25) is 5.95 Å². The predicted molar refractivity (Wildman–Crippen MR) is 146 cm³/mol.